The van der Waals surface area contributed by atoms with Gasteiger partial charge >= 0.3 is 17.9 Å². The van der Waals surface area contributed by atoms with E-state index >= 15 is 0 Å². The molecule has 0 aromatic heterocycles. The summed E-state index contributed by atoms with van der Waals surface area (Å²) >= 11 is 0. The maximum absolute atomic E-state index is 12.8. The molecule has 0 amide bonds. The Bertz CT molecular complexity index is 1320. The molecule has 0 spiro atoms. The smallest absolute Gasteiger partial charge is 0.306 e. The molecule has 6 nitrogen and oxygen atoms in total. The predicted molar refractivity (Wildman–Crippen MR) is 307 cm³/mol. The van der Waals surface area contributed by atoms with Crippen LogP contribution in [0.5, 0.6) is 0 Å². The number of rotatable bonds is 55. The quantitative estimate of drug-likeness (QED) is 0.0261. The van der Waals surface area contributed by atoms with Crippen LogP contribution in [0.15, 0.2) is 72.9 Å². The first-order chi connectivity index (χ1) is 35.0. The van der Waals surface area contributed by atoms with E-state index in [1.54, 1.807) is 0 Å². The third-order valence-corrected chi connectivity index (χ3v) is 13.2. The molecule has 0 aliphatic carbocycles. The van der Waals surface area contributed by atoms with Gasteiger partial charge in [-0.1, -0.05) is 273 Å². The Labute approximate surface area is 440 Å². The van der Waals surface area contributed by atoms with Gasteiger partial charge in [-0.3, -0.25) is 14.4 Å². The van der Waals surface area contributed by atoms with Gasteiger partial charge in [0.25, 0.3) is 0 Å². The lowest BCUT2D eigenvalue weighted by Crippen LogP contribution is -2.30. The van der Waals surface area contributed by atoms with E-state index in [9.17, 15) is 14.4 Å². The molecule has 0 N–H and O–H groups in total. The second-order valence-electron chi connectivity index (χ2n) is 20.2. The number of carbonyl (C=O) groups excluding carboxylic acids is 3. The highest BCUT2D eigenvalue weighted by Crippen LogP contribution is 2.17. The number of allylic oxidation sites excluding steroid dienone is 12. The Kier molecular flexibility index (Phi) is 56.8. The van der Waals surface area contributed by atoms with E-state index in [1.165, 1.54) is 161 Å². The zero-order valence-corrected chi connectivity index (χ0v) is 47.0. The highest BCUT2D eigenvalue weighted by molar-refractivity contribution is 5.71. The first-order valence-electron chi connectivity index (χ1n) is 30.4. The number of unbranched alkanes of at least 4 members (excludes halogenated alkanes) is 32. The van der Waals surface area contributed by atoms with Gasteiger partial charge in [-0.25, -0.2) is 0 Å². The molecule has 0 aliphatic rings. The summed E-state index contributed by atoms with van der Waals surface area (Å²) in [7, 11) is 0. The first kappa shape index (κ1) is 67.8. The van der Waals surface area contributed by atoms with Gasteiger partial charge < -0.3 is 14.2 Å². The van der Waals surface area contributed by atoms with Gasteiger partial charge in [-0.15, -0.1) is 0 Å². The fraction of sp³-hybridized carbons (Fsp3) is 0.769. The van der Waals surface area contributed by atoms with Crippen LogP contribution in [-0.4, -0.2) is 37.2 Å². The molecule has 0 rings (SSSR count). The summed E-state index contributed by atoms with van der Waals surface area (Å²) in [6, 6.07) is 0. The summed E-state index contributed by atoms with van der Waals surface area (Å²) < 4.78 is 16.9. The van der Waals surface area contributed by atoms with Crippen LogP contribution in [0.2, 0.25) is 0 Å². The minimum Gasteiger partial charge on any atom is -0.462 e. The maximum atomic E-state index is 12.8. The molecule has 0 radical (unpaired) electrons. The average molecular weight is 992 g/mol. The molecule has 0 saturated heterocycles. The normalized spacial score (nSPS) is 12.5. The second kappa shape index (κ2) is 59.4. The van der Waals surface area contributed by atoms with Crippen LogP contribution in [-0.2, 0) is 28.6 Å². The van der Waals surface area contributed by atoms with Crippen molar-refractivity contribution in [2.24, 2.45) is 0 Å². The van der Waals surface area contributed by atoms with Gasteiger partial charge in [0.05, 0.1) is 0 Å². The molecule has 0 fully saturated rings. The van der Waals surface area contributed by atoms with Crippen LogP contribution in [0.25, 0.3) is 0 Å². The van der Waals surface area contributed by atoms with Crippen LogP contribution < -0.4 is 0 Å². The van der Waals surface area contributed by atoms with Crippen LogP contribution in [0.4, 0.5) is 0 Å². The van der Waals surface area contributed by atoms with Crippen LogP contribution >= 0.6 is 0 Å². The zero-order chi connectivity index (χ0) is 51.4. The van der Waals surface area contributed by atoms with Crippen molar-refractivity contribution < 1.29 is 28.6 Å². The standard InChI is InChI=1S/C65H114O6/c1-4-7-10-13-16-19-22-24-26-28-29-30-31-32-33-34-35-36-37-38-40-41-43-46-49-52-55-58-64(67)70-61-62(60-69-63(66)57-54-51-48-45-21-18-15-12-9-6-3)71-65(68)59-56-53-50-47-44-42-39-27-25-23-20-17-14-11-8-5-2/h7,10,12,15-16,19,24,26,29-30,32-33,62H,4-6,8-9,11,13-14,17-18,20-23,25,27-28,31,34-61H2,1-3H3/b10-7-,15-12-,19-16-,26-24-,30-29-,33-32-. The van der Waals surface area contributed by atoms with Gasteiger partial charge in [0.2, 0.25) is 0 Å². The van der Waals surface area contributed by atoms with Gasteiger partial charge in [-0.2, -0.15) is 0 Å². The molecule has 0 aromatic rings. The summed E-state index contributed by atoms with van der Waals surface area (Å²) in [5.41, 5.74) is 0. The Morgan fingerprint density at radius 2 is 0.577 bits per heavy atom. The Morgan fingerprint density at radius 1 is 0.296 bits per heavy atom. The van der Waals surface area contributed by atoms with E-state index in [2.05, 4.69) is 93.7 Å². The summed E-state index contributed by atoms with van der Waals surface area (Å²) in [6.45, 7) is 6.49. The molecule has 6 heteroatoms. The Hall–Kier alpha value is -3.15. The Balaban J connectivity index is 4.21. The van der Waals surface area contributed by atoms with Gasteiger partial charge in [0.1, 0.15) is 13.2 Å². The third-order valence-electron chi connectivity index (χ3n) is 13.2. The number of hydrogen-bond acceptors (Lipinski definition) is 6. The van der Waals surface area contributed by atoms with Crippen molar-refractivity contribution in [2.45, 2.75) is 309 Å². The number of ether oxygens (including phenoxy) is 3. The van der Waals surface area contributed by atoms with E-state index in [-0.39, 0.29) is 31.1 Å². The summed E-state index contributed by atoms with van der Waals surface area (Å²) in [6.07, 6.45) is 76.2. The molecule has 0 aromatic carbocycles. The first-order valence-corrected chi connectivity index (χ1v) is 30.4. The third kappa shape index (κ3) is 57.6. The van der Waals surface area contributed by atoms with Crippen molar-refractivity contribution >= 4 is 17.9 Å². The van der Waals surface area contributed by atoms with Gasteiger partial charge in [0.15, 0.2) is 6.10 Å². The Morgan fingerprint density at radius 3 is 0.930 bits per heavy atom. The van der Waals surface area contributed by atoms with Crippen molar-refractivity contribution in [1.29, 1.82) is 0 Å². The highest BCUT2D eigenvalue weighted by atomic mass is 16.6. The zero-order valence-electron chi connectivity index (χ0n) is 47.0. The monoisotopic (exact) mass is 991 g/mol. The fourth-order valence-corrected chi connectivity index (χ4v) is 8.65. The minimum atomic E-state index is -0.777. The van der Waals surface area contributed by atoms with E-state index in [1.807, 2.05) is 0 Å². The van der Waals surface area contributed by atoms with Crippen molar-refractivity contribution in [1.82, 2.24) is 0 Å². The topological polar surface area (TPSA) is 78.9 Å². The number of esters is 3. The van der Waals surface area contributed by atoms with Gasteiger partial charge in [-0.05, 0) is 83.5 Å². The SMILES string of the molecule is CC/C=C\C/C=C\C/C=C\C/C=C\C/C=C\CCCCCCCCCCCCCC(=O)OCC(COC(=O)CCCCCCC/C=C\CCC)OC(=O)CCCCCCCCCCCCCCCCCC. The molecular formula is C65H114O6. The van der Waals surface area contributed by atoms with Crippen molar-refractivity contribution in [2.75, 3.05) is 13.2 Å². The highest BCUT2D eigenvalue weighted by Gasteiger charge is 2.19. The lowest BCUT2D eigenvalue weighted by Gasteiger charge is -2.18. The fourth-order valence-electron chi connectivity index (χ4n) is 8.65. The minimum absolute atomic E-state index is 0.0765. The predicted octanol–water partition coefficient (Wildman–Crippen LogP) is 20.5. The summed E-state index contributed by atoms with van der Waals surface area (Å²) in [4.78, 5) is 38.1. The molecule has 1 atom stereocenters. The molecule has 0 saturated carbocycles. The average Bonchev–Trinajstić information content (AvgIpc) is 3.37. The van der Waals surface area contributed by atoms with Crippen molar-refractivity contribution in [3.63, 3.8) is 0 Å². The largest absolute Gasteiger partial charge is 0.462 e. The molecule has 0 aliphatic heterocycles. The maximum Gasteiger partial charge on any atom is 0.306 e. The van der Waals surface area contributed by atoms with Crippen molar-refractivity contribution in [3.8, 4) is 0 Å². The van der Waals surface area contributed by atoms with Crippen LogP contribution in [0, 0.1) is 0 Å². The van der Waals surface area contributed by atoms with Crippen molar-refractivity contribution in [3.05, 3.63) is 72.9 Å². The molecule has 410 valence electrons. The lowest BCUT2D eigenvalue weighted by molar-refractivity contribution is -0.167. The van der Waals surface area contributed by atoms with Gasteiger partial charge in [0, 0.05) is 19.3 Å². The molecule has 0 bridgehead atoms. The van der Waals surface area contributed by atoms with E-state index in [0.29, 0.717) is 19.3 Å². The number of carbonyl (C=O) groups is 3. The molecular weight excluding hydrogens is 877 g/mol. The van der Waals surface area contributed by atoms with E-state index in [0.717, 1.165) is 103 Å². The molecule has 71 heavy (non-hydrogen) atoms. The van der Waals surface area contributed by atoms with E-state index in [4.69, 9.17) is 14.2 Å². The second-order valence-corrected chi connectivity index (χ2v) is 20.2. The summed E-state index contributed by atoms with van der Waals surface area (Å²) in [5, 5.41) is 0. The lowest BCUT2D eigenvalue weighted by atomic mass is 10.0. The van der Waals surface area contributed by atoms with Crippen LogP contribution in [0.1, 0.15) is 303 Å². The van der Waals surface area contributed by atoms with Crippen LogP contribution in [0.3, 0.4) is 0 Å². The molecule has 1 unspecified atom stereocenters. The summed E-state index contributed by atoms with van der Waals surface area (Å²) in [5.74, 6) is -0.877. The number of hydrogen-bond donors (Lipinski definition) is 0. The molecule has 0 heterocycles. The van der Waals surface area contributed by atoms with E-state index < -0.39 is 6.10 Å².